The molecule has 3 aliphatic rings. The van der Waals surface area contributed by atoms with E-state index in [2.05, 4.69) is 17.0 Å². The number of piperidine rings is 1. The number of amides is 1. The van der Waals surface area contributed by atoms with Gasteiger partial charge in [-0.25, -0.2) is 0 Å². The fraction of sp³-hybridized carbons (Fsp3) is 0.389. The number of fused-ring (bicyclic) bond motifs is 2. The second-order valence-electron chi connectivity index (χ2n) is 6.28. The summed E-state index contributed by atoms with van der Waals surface area (Å²) in [5.74, 6) is -0.0149. The van der Waals surface area contributed by atoms with Gasteiger partial charge in [0.2, 0.25) is 0 Å². The van der Waals surface area contributed by atoms with Gasteiger partial charge in [0, 0.05) is 18.8 Å². The number of carbonyl (C=O) groups is 1. The topological polar surface area (TPSA) is 45.2 Å². The number of hydrogen-bond donors (Lipinski definition) is 0. The monoisotopic (exact) mass is 327 g/mol. The fourth-order valence-electron chi connectivity index (χ4n) is 3.45. The Kier molecular flexibility index (Phi) is 4.34. The summed E-state index contributed by atoms with van der Waals surface area (Å²) in [5.41, 5.74) is 1.15. The van der Waals surface area contributed by atoms with Crippen molar-refractivity contribution < 1.29 is 14.5 Å². The molecule has 6 nitrogen and oxygen atoms in total. The van der Waals surface area contributed by atoms with Gasteiger partial charge < -0.3 is 4.84 Å². The number of hydrogen-bond acceptors (Lipinski definition) is 5. The molecule has 0 aliphatic carbocycles. The maximum atomic E-state index is 12.6. The van der Waals surface area contributed by atoms with E-state index >= 15 is 0 Å². The molecule has 1 unspecified atom stereocenters. The quantitative estimate of drug-likeness (QED) is 0.847. The number of allylic oxidation sites excluding steroid dienone is 2. The van der Waals surface area contributed by atoms with Crippen molar-refractivity contribution >= 4 is 5.91 Å². The van der Waals surface area contributed by atoms with E-state index in [1.165, 1.54) is 11.3 Å². The molecule has 1 aromatic rings. The fourth-order valence-corrected chi connectivity index (χ4v) is 3.45. The number of carbonyl (C=O) groups excluding carboxylic acids is 1. The van der Waals surface area contributed by atoms with Crippen molar-refractivity contribution in [3.8, 4) is 0 Å². The van der Waals surface area contributed by atoms with Crippen LogP contribution in [0.25, 0.3) is 0 Å². The molecule has 6 heteroatoms. The van der Waals surface area contributed by atoms with Crippen LogP contribution >= 0.6 is 0 Å². The van der Waals surface area contributed by atoms with Crippen LogP contribution in [0.4, 0.5) is 0 Å². The summed E-state index contributed by atoms with van der Waals surface area (Å²) in [6, 6.07) is 10.4. The van der Waals surface area contributed by atoms with Gasteiger partial charge in [0.1, 0.15) is 6.26 Å². The SMILES string of the molecule is O=C([C@@H]1CC[C@@H]2CN1CN2OCc1ccccc1)N1C=CC=CO1. The van der Waals surface area contributed by atoms with Gasteiger partial charge in [-0.05, 0) is 30.6 Å². The highest BCUT2D eigenvalue weighted by molar-refractivity contribution is 5.82. The second-order valence-corrected chi connectivity index (χ2v) is 6.28. The van der Waals surface area contributed by atoms with Crippen LogP contribution in [-0.2, 0) is 21.1 Å². The molecule has 24 heavy (non-hydrogen) atoms. The summed E-state index contributed by atoms with van der Waals surface area (Å²) in [6.45, 7) is 2.08. The van der Waals surface area contributed by atoms with Crippen molar-refractivity contribution in [2.45, 2.75) is 31.5 Å². The molecule has 4 rings (SSSR count). The summed E-state index contributed by atoms with van der Waals surface area (Å²) in [7, 11) is 0. The van der Waals surface area contributed by atoms with Crippen molar-refractivity contribution in [1.29, 1.82) is 0 Å². The molecule has 1 aromatic carbocycles. The Balaban J connectivity index is 1.35. The lowest BCUT2D eigenvalue weighted by Gasteiger charge is -2.32. The summed E-state index contributed by atoms with van der Waals surface area (Å²) in [4.78, 5) is 26.1. The molecule has 3 atom stereocenters. The zero-order chi connectivity index (χ0) is 16.4. The lowest BCUT2D eigenvalue weighted by Crippen LogP contribution is -2.48. The molecule has 1 amide bonds. The lowest BCUT2D eigenvalue weighted by atomic mass is 10.0. The van der Waals surface area contributed by atoms with Gasteiger partial charge in [-0.3, -0.25) is 14.5 Å². The molecule has 0 saturated carbocycles. The molecule has 2 saturated heterocycles. The first-order valence-corrected chi connectivity index (χ1v) is 8.32. The van der Waals surface area contributed by atoms with Crippen molar-refractivity contribution in [1.82, 2.24) is 15.0 Å². The summed E-state index contributed by atoms with van der Waals surface area (Å²) < 4.78 is 0. The van der Waals surface area contributed by atoms with Crippen LogP contribution < -0.4 is 0 Å². The molecule has 0 aromatic heterocycles. The van der Waals surface area contributed by atoms with E-state index in [-0.39, 0.29) is 11.9 Å². The van der Waals surface area contributed by atoms with E-state index in [9.17, 15) is 4.79 Å². The van der Waals surface area contributed by atoms with Gasteiger partial charge >= 0.3 is 0 Å². The normalized spacial score (nSPS) is 28.8. The molecular formula is C18H21N3O3. The Labute approximate surface area is 141 Å². The summed E-state index contributed by atoms with van der Waals surface area (Å²) >= 11 is 0. The van der Waals surface area contributed by atoms with Crippen LogP contribution in [-0.4, -0.2) is 46.2 Å². The minimum atomic E-state index is -0.150. The lowest BCUT2D eigenvalue weighted by molar-refractivity contribution is -0.182. The predicted octanol–water partition coefficient (Wildman–Crippen LogP) is 2.03. The smallest absolute Gasteiger partial charge is 0.276 e. The zero-order valence-electron chi connectivity index (χ0n) is 13.5. The van der Waals surface area contributed by atoms with Crippen molar-refractivity contribution in [3.05, 3.63) is 60.5 Å². The van der Waals surface area contributed by atoms with E-state index in [1.807, 2.05) is 23.3 Å². The van der Waals surface area contributed by atoms with Gasteiger partial charge in [0.25, 0.3) is 5.91 Å². The highest BCUT2D eigenvalue weighted by atomic mass is 16.7. The number of nitrogens with zero attached hydrogens (tertiary/aromatic N) is 3. The Bertz CT molecular complexity index is 646. The third-order valence-electron chi connectivity index (χ3n) is 4.72. The Hall–Kier alpha value is -2.15. The Morgan fingerprint density at radius 1 is 1.21 bits per heavy atom. The molecule has 3 heterocycles. The van der Waals surface area contributed by atoms with Gasteiger partial charge in [-0.1, -0.05) is 30.3 Å². The van der Waals surface area contributed by atoms with Gasteiger partial charge in [0.05, 0.1) is 19.3 Å². The molecule has 3 aliphatic heterocycles. The van der Waals surface area contributed by atoms with Crippen LogP contribution in [0.15, 0.2) is 54.9 Å². The first kappa shape index (κ1) is 15.4. The summed E-state index contributed by atoms with van der Waals surface area (Å²) in [6.07, 6.45) is 8.51. The van der Waals surface area contributed by atoms with Gasteiger partial charge in [-0.15, -0.1) is 5.06 Å². The Morgan fingerprint density at radius 3 is 2.88 bits per heavy atom. The molecule has 0 N–H and O–H groups in total. The highest BCUT2D eigenvalue weighted by Crippen LogP contribution is 2.30. The number of rotatable bonds is 4. The predicted molar refractivity (Wildman–Crippen MR) is 87.7 cm³/mol. The number of benzene rings is 1. The van der Waals surface area contributed by atoms with Crippen LogP contribution in [0.2, 0.25) is 0 Å². The third-order valence-corrected chi connectivity index (χ3v) is 4.72. The maximum absolute atomic E-state index is 12.6. The van der Waals surface area contributed by atoms with Crippen LogP contribution in [0.1, 0.15) is 18.4 Å². The summed E-state index contributed by atoms with van der Waals surface area (Å²) in [5, 5.41) is 3.34. The first-order valence-electron chi connectivity index (χ1n) is 8.32. The van der Waals surface area contributed by atoms with Crippen LogP contribution in [0.3, 0.4) is 0 Å². The minimum absolute atomic E-state index is 0.0149. The molecule has 2 fully saturated rings. The van der Waals surface area contributed by atoms with E-state index in [4.69, 9.17) is 9.68 Å². The van der Waals surface area contributed by atoms with E-state index < -0.39 is 0 Å². The molecular weight excluding hydrogens is 306 g/mol. The van der Waals surface area contributed by atoms with E-state index in [0.717, 1.165) is 24.9 Å². The molecule has 0 spiro atoms. The standard InChI is InChI=1S/C18H21N3O3/c22-18(20-10-4-5-11-23-20)17-9-8-16-12-19(17)14-21(16)24-13-15-6-2-1-3-7-15/h1-7,10-11,16-17H,8-9,12-14H2/t16-,17+/m1/s1. The van der Waals surface area contributed by atoms with Crippen LogP contribution in [0.5, 0.6) is 0 Å². The average molecular weight is 327 g/mol. The highest BCUT2D eigenvalue weighted by Gasteiger charge is 2.43. The van der Waals surface area contributed by atoms with E-state index in [0.29, 0.717) is 19.3 Å². The number of hydroxylamine groups is 4. The van der Waals surface area contributed by atoms with Crippen molar-refractivity contribution in [2.75, 3.05) is 13.2 Å². The van der Waals surface area contributed by atoms with Gasteiger partial charge in [0.15, 0.2) is 0 Å². The van der Waals surface area contributed by atoms with Crippen molar-refractivity contribution in [3.63, 3.8) is 0 Å². The Morgan fingerprint density at radius 2 is 2.08 bits per heavy atom. The minimum Gasteiger partial charge on any atom is -0.380 e. The molecule has 2 bridgehead atoms. The van der Waals surface area contributed by atoms with Crippen molar-refractivity contribution in [2.24, 2.45) is 0 Å². The second kappa shape index (κ2) is 6.76. The first-order chi connectivity index (χ1) is 11.8. The average Bonchev–Trinajstić information content (AvgIpc) is 2.97. The van der Waals surface area contributed by atoms with Gasteiger partial charge in [-0.2, -0.15) is 5.06 Å². The third kappa shape index (κ3) is 3.08. The van der Waals surface area contributed by atoms with E-state index in [1.54, 1.807) is 18.4 Å². The van der Waals surface area contributed by atoms with Crippen LogP contribution in [0, 0.1) is 0 Å². The largest absolute Gasteiger partial charge is 0.380 e. The molecule has 0 radical (unpaired) electrons. The molecule has 126 valence electrons. The maximum Gasteiger partial charge on any atom is 0.276 e. The zero-order valence-corrected chi connectivity index (χ0v) is 13.5.